The van der Waals surface area contributed by atoms with Crippen LogP contribution in [0.3, 0.4) is 0 Å². The Hall–Kier alpha value is -1.02. The lowest BCUT2D eigenvalue weighted by Crippen LogP contribution is -2.48. The Morgan fingerprint density at radius 2 is 2.00 bits per heavy atom. The van der Waals surface area contributed by atoms with Crippen molar-refractivity contribution in [2.75, 3.05) is 11.9 Å². The Labute approximate surface area is 105 Å². The van der Waals surface area contributed by atoms with E-state index in [2.05, 4.69) is 63.2 Å². The summed E-state index contributed by atoms with van der Waals surface area (Å²) in [6, 6.07) is 8.50. The molecular formula is C15H24N2. The largest absolute Gasteiger partial charge is 0.364 e. The van der Waals surface area contributed by atoms with E-state index in [1.165, 1.54) is 16.8 Å². The summed E-state index contributed by atoms with van der Waals surface area (Å²) >= 11 is 0. The van der Waals surface area contributed by atoms with Crippen LogP contribution < -0.4 is 10.2 Å². The van der Waals surface area contributed by atoms with E-state index in [1.54, 1.807) is 0 Å². The highest BCUT2D eigenvalue weighted by Crippen LogP contribution is 2.35. The fourth-order valence-electron chi connectivity index (χ4n) is 2.90. The van der Waals surface area contributed by atoms with E-state index in [4.69, 9.17) is 0 Å². The number of nitrogens with zero attached hydrogens (tertiary/aromatic N) is 1. The molecule has 1 aromatic carbocycles. The molecule has 0 saturated carbocycles. The van der Waals surface area contributed by atoms with E-state index in [1.807, 2.05) is 0 Å². The van der Waals surface area contributed by atoms with E-state index < -0.39 is 0 Å². The van der Waals surface area contributed by atoms with Crippen molar-refractivity contribution >= 4 is 5.69 Å². The maximum absolute atomic E-state index is 3.40. The maximum atomic E-state index is 3.40. The highest BCUT2D eigenvalue weighted by molar-refractivity contribution is 5.61. The summed E-state index contributed by atoms with van der Waals surface area (Å²) < 4.78 is 0. The van der Waals surface area contributed by atoms with Crippen LogP contribution in [0.2, 0.25) is 0 Å². The molecule has 0 radical (unpaired) electrons. The number of benzene rings is 1. The molecule has 1 aliphatic rings. The zero-order chi connectivity index (χ0) is 12.6. The monoisotopic (exact) mass is 232 g/mol. The SMILES string of the molecule is CNC(C)C1Cc2cc(C)ccc2N1C(C)C. The molecule has 1 N–H and O–H groups in total. The van der Waals surface area contributed by atoms with Crippen molar-refractivity contribution < 1.29 is 0 Å². The molecule has 1 heterocycles. The quantitative estimate of drug-likeness (QED) is 0.862. The summed E-state index contributed by atoms with van der Waals surface area (Å²) in [5, 5.41) is 3.40. The second-order valence-electron chi connectivity index (χ2n) is 5.48. The van der Waals surface area contributed by atoms with Gasteiger partial charge in [-0.2, -0.15) is 0 Å². The molecule has 2 unspecified atom stereocenters. The van der Waals surface area contributed by atoms with Gasteiger partial charge in [-0.1, -0.05) is 17.7 Å². The Bertz CT molecular complexity index is 398. The van der Waals surface area contributed by atoms with Crippen LogP contribution in [-0.4, -0.2) is 25.2 Å². The fourth-order valence-corrected chi connectivity index (χ4v) is 2.90. The lowest BCUT2D eigenvalue weighted by molar-refractivity contribution is 0.451. The molecule has 0 spiro atoms. The molecule has 17 heavy (non-hydrogen) atoms. The van der Waals surface area contributed by atoms with E-state index in [-0.39, 0.29) is 0 Å². The first kappa shape index (κ1) is 12.4. The second-order valence-corrected chi connectivity index (χ2v) is 5.48. The smallest absolute Gasteiger partial charge is 0.0484 e. The fraction of sp³-hybridized carbons (Fsp3) is 0.600. The van der Waals surface area contributed by atoms with Crippen LogP contribution in [0.25, 0.3) is 0 Å². The Morgan fingerprint density at radius 1 is 1.29 bits per heavy atom. The molecule has 1 aliphatic heterocycles. The third-order valence-corrected chi connectivity index (χ3v) is 3.89. The molecule has 0 aliphatic carbocycles. The second kappa shape index (κ2) is 4.69. The maximum Gasteiger partial charge on any atom is 0.0484 e. The van der Waals surface area contributed by atoms with Gasteiger partial charge in [-0.25, -0.2) is 0 Å². The van der Waals surface area contributed by atoms with Gasteiger partial charge in [0.1, 0.15) is 0 Å². The van der Waals surface area contributed by atoms with Crippen molar-refractivity contribution in [2.45, 2.75) is 52.2 Å². The van der Waals surface area contributed by atoms with Crippen molar-refractivity contribution in [3.05, 3.63) is 29.3 Å². The zero-order valence-corrected chi connectivity index (χ0v) is 11.6. The van der Waals surface area contributed by atoms with Crippen LogP contribution >= 0.6 is 0 Å². The number of aryl methyl sites for hydroxylation is 1. The van der Waals surface area contributed by atoms with Gasteiger partial charge in [-0.3, -0.25) is 0 Å². The molecule has 0 bridgehead atoms. The van der Waals surface area contributed by atoms with Crippen molar-refractivity contribution in [3.63, 3.8) is 0 Å². The number of rotatable bonds is 3. The van der Waals surface area contributed by atoms with Crippen LogP contribution in [0.5, 0.6) is 0 Å². The van der Waals surface area contributed by atoms with Gasteiger partial charge in [-0.15, -0.1) is 0 Å². The summed E-state index contributed by atoms with van der Waals surface area (Å²) in [6.45, 7) is 9.02. The normalized spacial score (nSPS) is 20.8. The van der Waals surface area contributed by atoms with Gasteiger partial charge < -0.3 is 10.2 Å². The number of nitrogens with one attached hydrogen (secondary N) is 1. The molecule has 94 valence electrons. The summed E-state index contributed by atoms with van der Waals surface area (Å²) in [7, 11) is 2.05. The van der Waals surface area contributed by atoms with Crippen LogP contribution in [0, 0.1) is 6.92 Å². The number of fused-ring (bicyclic) bond motifs is 1. The molecule has 0 amide bonds. The molecule has 0 aromatic heterocycles. The molecule has 0 fully saturated rings. The van der Waals surface area contributed by atoms with Crippen molar-refractivity contribution in [2.24, 2.45) is 0 Å². The minimum absolute atomic E-state index is 0.519. The van der Waals surface area contributed by atoms with Crippen molar-refractivity contribution in [1.29, 1.82) is 0 Å². The molecule has 2 heteroatoms. The number of anilines is 1. The van der Waals surface area contributed by atoms with E-state index >= 15 is 0 Å². The first-order valence-corrected chi connectivity index (χ1v) is 6.59. The molecule has 2 nitrogen and oxygen atoms in total. The third-order valence-electron chi connectivity index (χ3n) is 3.89. The average molecular weight is 232 g/mol. The molecule has 1 aromatic rings. The number of hydrogen-bond donors (Lipinski definition) is 1. The lowest BCUT2D eigenvalue weighted by Gasteiger charge is -2.35. The Kier molecular flexibility index (Phi) is 3.43. The van der Waals surface area contributed by atoms with Gasteiger partial charge in [0, 0.05) is 23.8 Å². The van der Waals surface area contributed by atoms with Gasteiger partial charge in [-0.05, 0) is 52.8 Å². The van der Waals surface area contributed by atoms with Crippen LogP contribution in [0.15, 0.2) is 18.2 Å². The molecule has 0 saturated heterocycles. The van der Waals surface area contributed by atoms with Gasteiger partial charge >= 0.3 is 0 Å². The molecular weight excluding hydrogens is 208 g/mol. The van der Waals surface area contributed by atoms with Gasteiger partial charge in [0.05, 0.1) is 0 Å². The number of likely N-dealkylation sites (N-methyl/N-ethyl adjacent to an activating group) is 1. The average Bonchev–Trinajstić information content (AvgIpc) is 2.66. The van der Waals surface area contributed by atoms with E-state index in [0.717, 1.165) is 6.42 Å². The first-order valence-electron chi connectivity index (χ1n) is 6.59. The Morgan fingerprint density at radius 3 is 2.59 bits per heavy atom. The highest BCUT2D eigenvalue weighted by atomic mass is 15.2. The van der Waals surface area contributed by atoms with Crippen LogP contribution in [0.1, 0.15) is 31.9 Å². The molecule has 2 atom stereocenters. The van der Waals surface area contributed by atoms with Gasteiger partial charge in [0.25, 0.3) is 0 Å². The van der Waals surface area contributed by atoms with E-state index in [9.17, 15) is 0 Å². The Balaban J connectivity index is 2.37. The predicted molar refractivity (Wildman–Crippen MR) is 74.8 cm³/mol. The summed E-state index contributed by atoms with van der Waals surface area (Å²) in [6.07, 6.45) is 1.16. The topological polar surface area (TPSA) is 15.3 Å². The van der Waals surface area contributed by atoms with Crippen LogP contribution in [0.4, 0.5) is 5.69 Å². The standard InChI is InChI=1S/C15H24N2/c1-10(2)17-14-7-6-11(3)8-13(14)9-15(17)12(4)16-5/h6-8,10,12,15-16H,9H2,1-5H3. The third kappa shape index (κ3) is 2.19. The van der Waals surface area contributed by atoms with Gasteiger partial charge in [0.2, 0.25) is 0 Å². The van der Waals surface area contributed by atoms with Crippen LogP contribution in [-0.2, 0) is 6.42 Å². The van der Waals surface area contributed by atoms with Gasteiger partial charge in [0.15, 0.2) is 0 Å². The van der Waals surface area contributed by atoms with E-state index in [0.29, 0.717) is 18.1 Å². The molecule has 2 rings (SSSR count). The summed E-state index contributed by atoms with van der Waals surface area (Å²) in [4.78, 5) is 2.57. The predicted octanol–water partition coefficient (Wildman–Crippen LogP) is 2.74. The summed E-state index contributed by atoms with van der Waals surface area (Å²) in [5.74, 6) is 0. The lowest BCUT2D eigenvalue weighted by atomic mass is 10.0. The minimum atomic E-state index is 0.519. The first-order chi connectivity index (χ1) is 8.04. The zero-order valence-electron chi connectivity index (χ0n) is 11.6. The van der Waals surface area contributed by atoms with Crippen molar-refractivity contribution in [3.8, 4) is 0 Å². The number of hydrogen-bond acceptors (Lipinski definition) is 2. The minimum Gasteiger partial charge on any atom is -0.364 e. The van der Waals surface area contributed by atoms with Crippen molar-refractivity contribution in [1.82, 2.24) is 5.32 Å². The highest BCUT2D eigenvalue weighted by Gasteiger charge is 2.33. The summed E-state index contributed by atoms with van der Waals surface area (Å²) in [5.41, 5.74) is 4.30.